The third-order valence-electron chi connectivity index (χ3n) is 4.15. The SMILES string of the molecule is CC1CCN(C(=O)c2ccc(S(=O)(=O)C(F)F)cc2)c2ccccc2S1. The quantitative estimate of drug-likeness (QED) is 0.778. The molecule has 0 N–H and O–H groups in total. The summed E-state index contributed by atoms with van der Waals surface area (Å²) in [6.45, 7) is 2.63. The lowest BCUT2D eigenvalue weighted by Gasteiger charge is -2.22. The number of para-hydroxylation sites is 1. The second-order valence-corrected chi connectivity index (χ2v) is 9.37. The van der Waals surface area contributed by atoms with Gasteiger partial charge in [0.15, 0.2) is 0 Å². The Kier molecular flexibility index (Phi) is 5.34. The molecule has 0 bridgehead atoms. The summed E-state index contributed by atoms with van der Waals surface area (Å²) in [5.41, 5.74) is 1.06. The molecule has 2 aromatic rings. The van der Waals surface area contributed by atoms with E-state index < -0.39 is 20.5 Å². The zero-order valence-electron chi connectivity index (χ0n) is 13.9. The highest BCUT2D eigenvalue weighted by Gasteiger charge is 2.28. The predicted octanol–water partition coefficient (Wildman–Crippen LogP) is 4.21. The molecule has 1 atom stereocenters. The third-order valence-corrected chi connectivity index (χ3v) is 6.79. The summed E-state index contributed by atoms with van der Waals surface area (Å²) in [6, 6.07) is 12.3. The largest absolute Gasteiger partial charge is 0.341 e. The van der Waals surface area contributed by atoms with E-state index in [1.165, 1.54) is 12.1 Å². The number of amides is 1. The van der Waals surface area contributed by atoms with E-state index in [0.29, 0.717) is 11.8 Å². The van der Waals surface area contributed by atoms with E-state index in [1.54, 1.807) is 16.7 Å². The van der Waals surface area contributed by atoms with E-state index in [1.807, 2.05) is 24.3 Å². The van der Waals surface area contributed by atoms with E-state index in [0.717, 1.165) is 29.1 Å². The van der Waals surface area contributed by atoms with Crippen LogP contribution in [-0.2, 0) is 9.84 Å². The van der Waals surface area contributed by atoms with Crippen LogP contribution in [0.5, 0.6) is 0 Å². The Labute approximate surface area is 155 Å². The number of benzene rings is 2. The molecule has 0 radical (unpaired) electrons. The third kappa shape index (κ3) is 3.61. The van der Waals surface area contributed by atoms with Gasteiger partial charge in [0.05, 0.1) is 10.6 Å². The summed E-state index contributed by atoms with van der Waals surface area (Å²) < 4.78 is 48.3. The molecule has 0 aromatic heterocycles. The van der Waals surface area contributed by atoms with Crippen molar-refractivity contribution in [1.82, 2.24) is 0 Å². The second kappa shape index (κ2) is 7.36. The van der Waals surface area contributed by atoms with Crippen molar-refractivity contribution in [3.63, 3.8) is 0 Å². The van der Waals surface area contributed by atoms with Crippen molar-refractivity contribution in [3.05, 3.63) is 54.1 Å². The fraction of sp³-hybridized carbons (Fsp3) is 0.278. The molecule has 0 saturated heterocycles. The Morgan fingerprint density at radius 3 is 2.46 bits per heavy atom. The normalized spacial score (nSPS) is 17.7. The van der Waals surface area contributed by atoms with Gasteiger partial charge in [-0.1, -0.05) is 19.1 Å². The number of fused-ring (bicyclic) bond motifs is 1. The molecule has 1 heterocycles. The zero-order valence-corrected chi connectivity index (χ0v) is 15.6. The molecule has 1 aliphatic heterocycles. The number of hydrogen-bond acceptors (Lipinski definition) is 4. The highest BCUT2D eigenvalue weighted by atomic mass is 32.2. The van der Waals surface area contributed by atoms with Crippen LogP contribution < -0.4 is 4.90 Å². The number of anilines is 1. The predicted molar refractivity (Wildman–Crippen MR) is 97.7 cm³/mol. The Bertz CT molecular complexity index is 914. The summed E-state index contributed by atoms with van der Waals surface area (Å²) in [5, 5.41) is 0.354. The smallest absolute Gasteiger partial charge is 0.307 e. The van der Waals surface area contributed by atoms with Gasteiger partial charge in [0.2, 0.25) is 9.84 Å². The van der Waals surface area contributed by atoms with Crippen molar-refractivity contribution < 1.29 is 22.0 Å². The van der Waals surface area contributed by atoms with Gasteiger partial charge in [-0.2, -0.15) is 8.78 Å². The van der Waals surface area contributed by atoms with Gasteiger partial charge < -0.3 is 4.90 Å². The summed E-state index contributed by atoms with van der Waals surface area (Å²) in [4.78, 5) is 15.1. The van der Waals surface area contributed by atoms with Crippen LogP contribution in [0, 0.1) is 0 Å². The number of thioether (sulfide) groups is 1. The second-order valence-electron chi connectivity index (χ2n) is 5.97. The first kappa shape index (κ1) is 18.8. The summed E-state index contributed by atoms with van der Waals surface area (Å²) in [7, 11) is -4.67. The van der Waals surface area contributed by atoms with Crippen molar-refractivity contribution in [1.29, 1.82) is 0 Å². The van der Waals surface area contributed by atoms with Crippen LogP contribution in [0.15, 0.2) is 58.3 Å². The minimum Gasteiger partial charge on any atom is -0.307 e. The maximum absolute atomic E-state index is 12.9. The van der Waals surface area contributed by atoms with Crippen LogP contribution >= 0.6 is 11.8 Å². The average molecular weight is 397 g/mol. The molecule has 0 aliphatic carbocycles. The number of carbonyl (C=O) groups is 1. The monoisotopic (exact) mass is 397 g/mol. The molecule has 3 rings (SSSR count). The molecule has 1 amide bonds. The standard InChI is InChI=1S/C18H17F2NO3S2/c1-12-10-11-21(15-4-2-3-5-16(15)25-12)17(22)13-6-8-14(9-7-13)26(23,24)18(19)20/h2-9,12,18H,10-11H2,1H3. The van der Waals surface area contributed by atoms with Gasteiger partial charge in [0, 0.05) is 22.3 Å². The molecular formula is C18H17F2NO3S2. The number of carbonyl (C=O) groups excluding carboxylic acids is 1. The van der Waals surface area contributed by atoms with Crippen LogP contribution in [0.25, 0.3) is 0 Å². The number of hydrogen-bond donors (Lipinski definition) is 0. The molecule has 1 unspecified atom stereocenters. The zero-order chi connectivity index (χ0) is 18.9. The first-order valence-corrected chi connectivity index (χ1v) is 10.4. The average Bonchev–Trinajstić information content (AvgIpc) is 2.79. The first-order chi connectivity index (χ1) is 12.3. The molecule has 0 saturated carbocycles. The maximum atomic E-state index is 12.9. The van der Waals surface area contributed by atoms with E-state index in [-0.39, 0.29) is 11.5 Å². The fourth-order valence-electron chi connectivity index (χ4n) is 2.74. The Balaban J connectivity index is 1.92. The Morgan fingerprint density at radius 1 is 1.15 bits per heavy atom. The van der Waals surface area contributed by atoms with Crippen LogP contribution in [0.2, 0.25) is 0 Å². The molecule has 8 heteroatoms. The minimum atomic E-state index is -4.67. The van der Waals surface area contributed by atoms with Crippen molar-refractivity contribution in [2.24, 2.45) is 0 Å². The Hall–Kier alpha value is -1.93. The minimum absolute atomic E-state index is 0.257. The fourth-order valence-corrected chi connectivity index (χ4v) is 4.58. The van der Waals surface area contributed by atoms with Crippen molar-refractivity contribution >= 4 is 33.2 Å². The van der Waals surface area contributed by atoms with E-state index in [4.69, 9.17) is 0 Å². The van der Waals surface area contributed by atoms with Crippen molar-refractivity contribution in [2.45, 2.75) is 34.1 Å². The molecule has 4 nitrogen and oxygen atoms in total. The highest BCUT2D eigenvalue weighted by Crippen LogP contribution is 2.37. The molecule has 138 valence electrons. The molecule has 26 heavy (non-hydrogen) atoms. The number of alkyl halides is 2. The van der Waals surface area contributed by atoms with Crippen LogP contribution in [0.3, 0.4) is 0 Å². The van der Waals surface area contributed by atoms with Gasteiger partial charge in [-0.15, -0.1) is 11.8 Å². The van der Waals surface area contributed by atoms with E-state index >= 15 is 0 Å². The maximum Gasteiger partial charge on any atom is 0.341 e. The summed E-state index contributed by atoms with van der Waals surface area (Å²) in [5.74, 6) is -3.77. The molecule has 1 aliphatic rings. The number of nitrogens with zero attached hydrogens (tertiary/aromatic N) is 1. The molecule has 0 spiro atoms. The van der Waals surface area contributed by atoms with Crippen molar-refractivity contribution in [2.75, 3.05) is 11.4 Å². The van der Waals surface area contributed by atoms with Gasteiger partial charge in [0.25, 0.3) is 5.91 Å². The first-order valence-electron chi connectivity index (χ1n) is 8.00. The van der Waals surface area contributed by atoms with Crippen LogP contribution in [0.4, 0.5) is 14.5 Å². The van der Waals surface area contributed by atoms with Crippen molar-refractivity contribution in [3.8, 4) is 0 Å². The number of rotatable bonds is 3. The molecular weight excluding hydrogens is 380 g/mol. The number of sulfone groups is 1. The van der Waals surface area contributed by atoms with Gasteiger partial charge in [-0.3, -0.25) is 4.79 Å². The van der Waals surface area contributed by atoms with Gasteiger partial charge in [-0.25, -0.2) is 8.42 Å². The van der Waals surface area contributed by atoms with E-state index in [9.17, 15) is 22.0 Å². The number of halogens is 2. The van der Waals surface area contributed by atoms with Gasteiger partial charge in [0.1, 0.15) is 0 Å². The lowest BCUT2D eigenvalue weighted by molar-refractivity contribution is 0.0986. The lowest BCUT2D eigenvalue weighted by atomic mass is 10.1. The topological polar surface area (TPSA) is 54.5 Å². The summed E-state index contributed by atoms with van der Waals surface area (Å²) >= 11 is 1.70. The van der Waals surface area contributed by atoms with Crippen LogP contribution in [0.1, 0.15) is 23.7 Å². The molecule has 2 aromatic carbocycles. The van der Waals surface area contributed by atoms with E-state index in [2.05, 4.69) is 6.92 Å². The lowest BCUT2D eigenvalue weighted by Crippen LogP contribution is -2.32. The summed E-state index contributed by atoms with van der Waals surface area (Å²) in [6.07, 6.45) is 0.808. The van der Waals surface area contributed by atoms with Gasteiger partial charge in [-0.05, 0) is 42.8 Å². The highest BCUT2D eigenvalue weighted by molar-refractivity contribution is 8.00. The Morgan fingerprint density at radius 2 is 1.81 bits per heavy atom. The molecule has 0 fully saturated rings. The van der Waals surface area contributed by atoms with Gasteiger partial charge >= 0.3 is 5.76 Å². The van der Waals surface area contributed by atoms with Crippen LogP contribution in [-0.4, -0.2) is 31.9 Å².